The number of hydrogen-bond donors (Lipinski definition) is 1. The molecule has 1 N–H and O–H groups in total. The molecule has 0 radical (unpaired) electrons. The fraction of sp³-hybridized carbons (Fsp3) is 0.381. The number of nitrogens with zero attached hydrogens (tertiary/aromatic N) is 2. The van der Waals surface area contributed by atoms with Gasteiger partial charge in [0.15, 0.2) is 0 Å². The number of rotatable bonds is 3. The number of fused-ring (bicyclic) bond motifs is 1. The number of phenols is 1. The molecule has 2 aromatic carbocycles. The van der Waals surface area contributed by atoms with E-state index in [1.165, 1.54) is 36.0 Å². The maximum absolute atomic E-state index is 10.2. The van der Waals surface area contributed by atoms with Crippen LogP contribution in [0.4, 0.5) is 5.69 Å². The zero-order chi connectivity index (χ0) is 17.4. The fourth-order valence-corrected chi connectivity index (χ4v) is 4.51. The molecule has 0 aliphatic carbocycles. The van der Waals surface area contributed by atoms with Gasteiger partial charge in [0.2, 0.25) is 0 Å². The van der Waals surface area contributed by atoms with Crippen LogP contribution in [-0.4, -0.2) is 23.2 Å². The molecule has 0 bridgehead atoms. The van der Waals surface area contributed by atoms with E-state index in [-0.39, 0.29) is 0 Å². The fourth-order valence-electron chi connectivity index (χ4n) is 3.78. The lowest BCUT2D eigenvalue weighted by Crippen LogP contribution is -2.34. The van der Waals surface area contributed by atoms with Crippen molar-refractivity contribution in [3.8, 4) is 5.75 Å². The van der Waals surface area contributed by atoms with Gasteiger partial charge in [-0.15, -0.1) is 11.3 Å². The number of phenolic OH excluding ortho intramolecular Hbond substituents is 1. The zero-order valence-electron chi connectivity index (χ0n) is 14.8. The smallest absolute Gasteiger partial charge is 0.144 e. The third kappa shape index (κ3) is 3.36. The molecule has 0 saturated carbocycles. The van der Waals surface area contributed by atoms with E-state index in [4.69, 9.17) is 0 Å². The lowest BCUT2D eigenvalue weighted by atomic mass is 9.89. The first kappa shape index (κ1) is 16.4. The second kappa shape index (κ2) is 6.68. The molecular weight excluding hydrogens is 328 g/mol. The lowest BCUT2D eigenvalue weighted by molar-refractivity contribution is 0.403. The Labute approximate surface area is 152 Å². The van der Waals surface area contributed by atoms with Crippen LogP contribution in [0.2, 0.25) is 0 Å². The summed E-state index contributed by atoms with van der Waals surface area (Å²) in [7, 11) is 0. The van der Waals surface area contributed by atoms with Crippen molar-refractivity contribution in [1.82, 2.24) is 4.98 Å². The number of benzene rings is 2. The van der Waals surface area contributed by atoms with Crippen LogP contribution < -0.4 is 4.90 Å². The van der Waals surface area contributed by atoms with Crippen LogP contribution in [0.25, 0.3) is 10.2 Å². The summed E-state index contributed by atoms with van der Waals surface area (Å²) in [5.74, 6) is 1.05. The van der Waals surface area contributed by atoms with E-state index in [0.717, 1.165) is 34.9 Å². The van der Waals surface area contributed by atoms with Gasteiger partial charge in [-0.25, -0.2) is 4.98 Å². The summed E-state index contributed by atoms with van der Waals surface area (Å²) in [4.78, 5) is 6.63. The second-order valence-corrected chi connectivity index (χ2v) is 8.10. The quantitative estimate of drug-likeness (QED) is 0.714. The van der Waals surface area contributed by atoms with E-state index in [0.29, 0.717) is 5.75 Å². The normalized spacial score (nSPS) is 15.8. The minimum Gasteiger partial charge on any atom is -0.506 e. The molecule has 4 heteroatoms. The van der Waals surface area contributed by atoms with E-state index in [1.807, 2.05) is 6.07 Å². The summed E-state index contributed by atoms with van der Waals surface area (Å²) in [6, 6.07) is 10.9. The van der Waals surface area contributed by atoms with Crippen LogP contribution in [-0.2, 0) is 6.42 Å². The van der Waals surface area contributed by atoms with Crippen molar-refractivity contribution in [2.45, 2.75) is 33.1 Å². The molecule has 3 nitrogen and oxygen atoms in total. The van der Waals surface area contributed by atoms with E-state index >= 15 is 0 Å². The van der Waals surface area contributed by atoms with Gasteiger partial charge >= 0.3 is 0 Å². The monoisotopic (exact) mass is 352 g/mol. The van der Waals surface area contributed by atoms with Gasteiger partial charge in [-0.3, -0.25) is 0 Å². The first-order chi connectivity index (χ1) is 12.1. The van der Waals surface area contributed by atoms with Crippen LogP contribution >= 0.6 is 11.3 Å². The highest BCUT2D eigenvalue weighted by atomic mass is 32.1. The van der Waals surface area contributed by atoms with Crippen LogP contribution in [0.3, 0.4) is 0 Å². The van der Waals surface area contributed by atoms with E-state index in [1.54, 1.807) is 16.8 Å². The number of anilines is 1. The van der Waals surface area contributed by atoms with E-state index in [2.05, 4.69) is 48.0 Å². The molecular formula is C21H24N2OS. The standard InChI is InChI=1S/C21H24N2OS/c1-14-3-4-17(9-15(14)2)10-16-5-7-23(8-6-16)18-11-19(24)21-20(12-18)25-13-22-21/h3-4,9,11-13,16,24H,5-8,10H2,1-2H3. The Morgan fingerprint density at radius 1 is 1.12 bits per heavy atom. The minimum absolute atomic E-state index is 0.297. The molecule has 0 unspecified atom stereocenters. The van der Waals surface area contributed by atoms with Gasteiger partial charge in [0.25, 0.3) is 0 Å². The summed E-state index contributed by atoms with van der Waals surface area (Å²) < 4.78 is 1.06. The van der Waals surface area contributed by atoms with Gasteiger partial charge in [0.05, 0.1) is 10.2 Å². The molecule has 0 spiro atoms. The SMILES string of the molecule is Cc1ccc(CC2CCN(c3cc(O)c4ncsc4c3)CC2)cc1C. The Morgan fingerprint density at radius 3 is 2.68 bits per heavy atom. The first-order valence-electron chi connectivity index (χ1n) is 8.97. The molecule has 4 rings (SSSR count). The summed E-state index contributed by atoms with van der Waals surface area (Å²) in [5.41, 5.74) is 7.87. The molecule has 1 aliphatic heterocycles. The van der Waals surface area contributed by atoms with Gasteiger partial charge < -0.3 is 10.0 Å². The van der Waals surface area contributed by atoms with Crippen LogP contribution in [0.15, 0.2) is 35.8 Å². The Kier molecular flexibility index (Phi) is 4.38. The molecule has 130 valence electrons. The van der Waals surface area contributed by atoms with Gasteiger partial charge in [0, 0.05) is 24.8 Å². The number of aryl methyl sites for hydroxylation is 2. The van der Waals surface area contributed by atoms with Gasteiger partial charge in [0.1, 0.15) is 11.3 Å². The predicted molar refractivity (Wildman–Crippen MR) is 106 cm³/mol. The largest absolute Gasteiger partial charge is 0.506 e. The van der Waals surface area contributed by atoms with Crippen molar-refractivity contribution in [2.75, 3.05) is 18.0 Å². The average Bonchev–Trinajstić information content (AvgIpc) is 3.08. The summed E-state index contributed by atoms with van der Waals surface area (Å²) >= 11 is 1.59. The molecule has 1 aromatic heterocycles. The van der Waals surface area contributed by atoms with Crippen molar-refractivity contribution in [2.24, 2.45) is 5.92 Å². The topological polar surface area (TPSA) is 36.4 Å². The van der Waals surface area contributed by atoms with Crippen LogP contribution in [0, 0.1) is 19.8 Å². The van der Waals surface area contributed by atoms with Crippen LogP contribution in [0.5, 0.6) is 5.75 Å². The third-order valence-electron chi connectivity index (χ3n) is 5.48. The number of thiazole rings is 1. The van der Waals surface area contributed by atoms with E-state index in [9.17, 15) is 5.11 Å². The van der Waals surface area contributed by atoms with Gasteiger partial charge in [-0.1, -0.05) is 18.2 Å². The van der Waals surface area contributed by atoms with Crippen molar-refractivity contribution >= 4 is 27.2 Å². The molecule has 1 fully saturated rings. The summed E-state index contributed by atoms with van der Waals surface area (Å²) in [6.45, 7) is 6.48. The highest BCUT2D eigenvalue weighted by Crippen LogP contribution is 2.34. The highest BCUT2D eigenvalue weighted by molar-refractivity contribution is 7.16. The van der Waals surface area contributed by atoms with Crippen LogP contribution in [0.1, 0.15) is 29.5 Å². The minimum atomic E-state index is 0.297. The van der Waals surface area contributed by atoms with Crippen molar-refractivity contribution in [3.63, 3.8) is 0 Å². The number of aromatic nitrogens is 1. The Balaban J connectivity index is 1.42. The van der Waals surface area contributed by atoms with Crippen molar-refractivity contribution in [1.29, 1.82) is 0 Å². The maximum atomic E-state index is 10.2. The number of piperidine rings is 1. The van der Waals surface area contributed by atoms with Crippen molar-refractivity contribution in [3.05, 3.63) is 52.5 Å². The van der Waals surface area contributed by atoms with Gasteiger partial charge in [-0.2, -0.15) is 0 Å². The summed E-state index contributed by atoms with van der Waals surface area (Å²) in [6.07, 6.45) is 3.58. The first-order valence-corrected chi connectivity index (χ1v) is 9.85. The average molecular weight is 353 g/mol. The molecule has 1 saturated heterocycles. The highest BCUT2D eigenvalue weighted by Gasteiger charge is 2.21. The zero-order valence-corrected chi connectivity index (χ0v) is 15.6. The molecule has 2 heterocycles. The molecule has 25 heavy (non-hydrogen) atoms. The third-order valence-corrected chi connectivity index (χ3v) is 6.25. The van der Waals surface area contributed by atoms with E-state index < -0.39 is 0 Å². The summed E-state index contributed by atoms with van der Waals surface area (Å²) in [5, 5.41) is 10.2. The maximum Gasteiger partial charge on any atom is 0.144 e. The lowest BCUT2D eigenvalue weighted by Gasteiger charge is -2.34. The van der Waals surface area contributed by atoms with Gasteiger partial charge in [-0.05, 0) is 61.8 Å². The molecule has 0 atom stereocenters. The molecule has 1 aliphatic rings. The predicted octanol–water partition coefficient (Wildman–Crippen LogP) is 5.08. The number of hydrogen-bond acceptors (Lipinski definition) is 4. The molecule has 0 amide bonds. The number of aromatic hydroxyl groups is 1. The molecule has 3 aromatic rings. The Morgan fingerprint density at radius 2 is 1.92 bits per heavy atom. The second-order valence-electron chi connectivity index (χ2n) is 7.22. The van der Waals surface area contributed by atoms with Crippen molar-refractivity contribution < 1.29 is 5.11 Å². The Bertz CT molecular complexity index is 894. The Hall–Kier alpha value is -2.07.